The fourth-order valence-electron chi connectivity index (χ4n) is 2.28. The monoisotopic (exact) mass is 302 g/mol. The second-order valence-corrected chi connectivity index (χ2v) is 7.57. The Morgan fingerprint density at radius 3 is 2.32 bits per heavy atom. The Balaban J connectivity index is 2.24. The number of aryl methyl sites for hydroxylation is 1. The molecule has 0 unspecified atom stereocenters. The van der Waals surface area contributed by atoms with Crippen LogP contribution in [-0.2, 0) is 10.0 Å². The van der Waals surface area contributed by atoms with E-state index in [0.29, 0.717) is 9.75 Å². The molecular formula is C12H18N2O3S2. The van der Waals surface area contributed by atoms with Gasteiger partial charge in [-0.05, 0) is 25.8 Å². The summed E-state index contributed by atoms with van der Waals surface area (Å²) in [6, 6.07) is 1.41. The van der Waals surface area contributed by atoms with Crippen LogP contribution in [0.2, 0.25) is 0 Å². The largest absolute Gasteiger partial charge is 0.338 e. The van der Waals surface area contributed by atoms with E-state index in [1.807, 2.05) is 4.90 Å². The predicted molar refractivity (Wildman–Crippen MR) is 74.8 cm³/mol. The first kappa shape index (κ1) is 14.5. The number of rotatable bonds is 2. The number of carbonyl (C=O) groups is 1. The number of amides is 1. The normalized spacial score (nSPS) is 17.3. The topological polar surface area (TPSA) is 80.5 Å². The van der Waals surface area contributed by atoms with E-state index < -0.39 is 10.0 Å². The molecule has 1 fully saturated rings. The van der Waals surface area contributed by atoms with Crippen LogP contribution in [0.1, 0.15) is 40.2 Å². The zero-order valence-electron chi connectivity index (χ0n) is 10.9. The van der Waals surface area contributed by atoms with E-state index in [2.05, 4.69) is 0 Å². The van der Waals surface area contributed by atoms with Gasteiger partial charge in [-0.25, -0.2) is 13.6 Å². The van der Waals surface area contributed by atoms with Crippen molar-refractivity contribution in [2.75, 3.05) is 13.1 Å². The predicted octanol–water partition coefficient (Wildman–Crippen LogP) is 1.72. The van der Waals surface area contributed by atoms with Gasteiger partial charge in [-0.15, -0.1) is 11.3 Å². The van der Waals surface area contributed by atoms with Crippen LogP contribution in [0.3, 0.4) is 0 Å². The van der Waals surface area contributed by atoms with Crippen molar-refractivity contribution >= 4 is 27.3 Å². The van der Waals surface area contributed by atoms with Crippen molar-refractivity contribution in [3.05, 3.63) is 15.8 Å². The molecule has 0 atom stereocenters. The minimum absolute atomic E-state index is 0.0654. The first-order valence-electron chi connectivity index (χ1n) is 6.32. The number of sulfonamides is 1. The molecule has 0 bridgehead atoms. The van der Waals surface area contributed by atoms with Crippen molar-refractivity contribution in [1.82, 2.24) is 4.90 Å². The van der Waals surface area contributed by atoms with Gasteiger partial charge in [0.25, 0.3) is 5.91 Å². The second kappa shape index (κ2) is 5.60. The van der Waals surface area contributed by atoms with E-state index in [9.17, 15) is 13.2 Å². The molecule has 106 valence electrons. The number of hydrogen-bond acceptors (Lipinski definition) is 4. The highest BCUT2D eigenvalue weighted by Crippen LogP contribution is 2.26. The molecule has 0 aliphatic carbocycles. The average Bonchev–Trinajstić information content (AvgIpc) is 2.57. The van der Waals surface area contributed by atoms with E-state index in [4.69, 9.17) is 5.14 Å². The Morgan fingerprint density at radius 2 is 1.84 bits per heavy atom. The minimum Gasteiger partial charge on any atom is -0.338 e. The molecule has 0 spiro atoms. The number of likely N-dealkylation sites (tertiary alicyclic amines) is 1. The maximum Gasteiger partial charge on any atom is 0.263 e. The van der Waals surface area contributed by atoms with Crippen LogP contribution >= 0.6 is 11.3 Å². The van der Waals surface area contributed by atoms with Crippen molar-refractivity contribution in [2.45, 2.75) is 37.5 Å². The zero-order valence-corrected chi connectivity index (χ0v) is 12.5. The summed E-state index contributed by atoms with van der Waals surface area (Å²) in [4.78, 5) is 15.3. The molecule has 1 aliphatic rings. The number of thiophene rings is 1. The van der Waals surface area contributed by atoms with Crippen molar-refractivity contribution in [3.63, 3.8) is 0 Å². The molecule has 1 aliphatic heterocycles. The van der Waals surface area contributed by atoms with Crippen molar-refractivity contribution in [2.24, 2.45) is 5.14 Å². The summed E-state index contributed by atoms with van der Waals surface area (Å²) in [5.41, 5.74) is 0. The van der Waals surface area contributed by atoms with Crippen molar-refractivity contribution in [1.29, 1.82) is 0 Å². The maximum absolute atomic E-state index is 12.3. The maximum atomic E-state index is 12.3. The zero-order chi connectivity index (χ0) is 14.0. The summed E-state index contributed by atoms with van der Waals surface area (Å²) in [5, 5.41) is 5.13. The summed E-state index contributed by atoms with van der Waals surface area (Å²) >= 11 is 1.20. The number of carbonyl (C=O) groups excluding carboxylic acids is 1. The molecule has 2 N–H and O–H groups in total. The number of primary sulfonamides is 1. The van der Waals surface area contributed by atoms with Gasteiger partial charge in [0, 0.05) is 18.0 Å². The molecule has 1 aromatic heterocycles. The molecule has 1 amide bonds. The van der Waals surface area contributed by atoms with Gasteiger partial charge in [-0.1, -0.05) is 12.8 Å². The van der Waals surface area contributed by atoms with E-state index in [1.165, 1.54) is 17.4 Å². The molecule has 1 aromatic rings. The van der Waals surface area contributed by atoms with E-state index in [0.717, 1.165) is 38.8 Å². The standard InChI is InChI=1S/C12H18N2O3S2/c1-9-11(19(13,16)17)8-10(18-9)12(15)14-6-4-2-3-5-7-14/h8H,2-7H2,1H3,(H2,13,16,17). The van der Waals surface area contributed by atoms with Gasteiger partial charge < -0.3 is 4.90 Å². The Hall–Kier alpha value is -0.920. The van der Waals surface area contributed by atoms with Gasteiger partial charge in [0.05, 0.1) is 9.77 Å². The van der Waals surface area contributed by atoms with Crippen LogP contribution in [0, 0.1) is 6.92 Å². The highest BCUT2D eigenvalue weighted by Gasteiger charge is 2.23. The SMILES string of the molecule is Cc1sc(C(=O)N2CCCCCC2)cc1S(N)(=O)=O. The van der Waals surface area contributed by atoms with Crippen molar-refractivity contribution in [3.8, 4) is 0 Å². The van der Waals surface area contributed by atoms with Crippen molar-refractivity contribution < 1.29 is 13.2 Å². The van der Waals surface area contributed by atoms with E-state index >= 15 is 0 Å². The third kappa shape index (κ3) is 3.34. The number of nitrogens with two attached hydrogens (primary N) is 1. The minimum atomic E-state index is -3.74. The molecular weight excluding hydrogens is 284 g/mol. The molecule has 7 heteroatoms. The highest BCUT2D eigenvalue weighted by atomic mass is 32.2. The molecule has 5 nitrogen and oxygen atoms in total. The average molecular weight is 302 g/mol. The molecule has 1 saturated heterocycles. The lowest BCUT2D eigenvalue weighted by molar-refractivity contribution is 0.0766. The van der Waals surface area contributed by atoms with Gasteiger partial charge in [-0.2, -0.15) is 0 Å². The Bertz CT molecular complexity index is 570. The van der Waals surface area contributed by atoms with Crippen LogP contribution in [0.15, 0.2) is 11.0 Å². The lowest BCUT2D eigenvalue weighted by Gasteiger charge is -2.19. The summed E-state index contributed by atoms with van der Waals surface area (Å²) in [7, 11) is -3.74. The fourth-order valence-corrected chi connectivity index (χ4v) is 4.40. The van der Waals surface area contributed by atoms with Gasteiger partial charge in [0.2, 0.25) is 10.0 Å². The van der Waals surface area contributed by atoms with Crippen LogP contribution < -0.4 is 5.14 Å². The van der Waals surface area contributed by atoms with E-state index in [-0.39, 0.29) is 10.8 Å². The number of nitrogens with zero attached hydrogens (tertiary/aromatic N) is 1. The van der Waals surface area contributed by atoms with Crippen LogP contribution in [-0.4, -0.2) is 32.3 Å². The third-order valence-electron chi connectivity index (χ3n) is 3.28. The summed E-state index contributed by atoms with van der Waals surface area (Å²) in [5.74, 6) is -0.0788. The first-order chi connectivity index (χ1) is 8.89. The number of hydrogen-bond donors (Lipinski definition) is 1. The first-order valence-corrected chi connectivity index (χ1v) is 8.68. The summed E-state index contributed by atoms with van der Waals surface area (Å²) in [6.45, 7) is 3.17. The van der Waals surface area contributed by atoms with E-state index in [1.54, 1.807) is 6.92 Å². The molecule has 0 aromatic carbocycles. The highest BCUT2D eigenvalue weighted by molar-refractivity contribution is 7.89. The lowest BCUT2D eigenvalue weighted by atomic mass is 10.2. The molecule has 19 heavy (non-hydrogen) atoms. The van der Waals surface area contributed by atoms with Crippen LogP contribution in [0.4, 0.5) is 0 Å². The van der Waals surface area contributed by atoms with Crippen LogP contribution in [0.25, 0.3) is 0 Å². The Labute approximate surface area is 117 Å². The smallest absolute Gasteiger partial charge is 0.263 e. The van der Waals surface area contributed by atoms with Gasteiger partial charge >= 0.3 is 0 Å². The molecule has 0 saturated carbocycles. The second-order valence-electron chi connectivity index (χ2n) is 4.78. The Kier molecular flexibility index (Phi) is 4.27. The Morgan fingerprint density at radius 1 is 1.26 bits per heavy atom. The van der Waals surface area contributed by atoms with Gasteiger partial charge in [0.15, 0.2) is 0 Å². The van der Waals surface area contributed by atoms with Gasteiger partial charge in [0.1, 0.15) is 0 Å². The third-order valence-corrected chi connectivity index (χ3v) is 5.49. The summed E-state index contributed by atoms with van der Waals surface area (Å²) in [6.07, 6.45) is 4.32. The summed E-state index contributed by atoms with van der Waals surface area (Å²) < 4.78 is 22.8. The lowest BCUT2D eigenvalue weighted by Crippen LogP contribution is -2.31. The molecule has 2 heterocycles. The van der Waals surface area contributed by atoms with Gasteiger partial charge in [-0.3, -0.25) is 4.79 Å². The molecule has 2 rings (SSSR count). The van der Waals surface area contributed by atoms with Crippen LogP contribution in [0.5, 0.6) is 0 Å². The fraction of sp³-hybridized carbons (Fsp3) is 0.583. The molecule has 0 radical (unpaired) electrons. The quantitative estimate of drug-likeness (QED) is 0.903.